The number of carbonyl (C=O) groups excluding carboxylic acids is 1. The molecule has 5 nitrogen and oxygen atoms in total. The van der Waals surface area contributed by atoms with Crippen LogP contribution in [0.2, 0.25) is 0 Å². The molecule has 0 radical (unpaired) electrons. The van der Waals surface area contributed by atoms with Crippen LogP contribution in [0.15, 0.2) is 36.7 Å². The molecule has 114 valence electrons. The highest BCUT2D eigenvalue weighted by Crippen LogP contribution is 2.31. The minimum Gasteiger partial charge on any atom is -0.273 e. The van der Waals surface area contributed by atoms with E-state index in [1.807, 2.05) is 25.9 Å². The Morgan fingerprint density at radius 3 is 2.41 bits per heavy atom. The molecule has 0 saturated carbocycles. The fraction of sp³-hybridized carbons (Fsp3) is 0.312. The van der Waals surface area contributed by atoms with E-state index < -0.39 is 0 Å². The quantitative estimate of drug-likeness (QED) is 0.855. The van der Waals surface area contributed by atoms with Gasteiger partial charge in [-0.3, -0.25) is 4.79 Å². The lowest BCUT2D eigenvalue weighted by Crippen LogP contribution is -2.45. The van der Waals surface area contributed by atoms with Crippen LogP contribution in [0.5, 0.6) is 0 Å². The zero-order valence-corrected chi connectivity index (χ0v) is 12.7. The molecule has 1 aliphatic heterocycles. The van der Waals surface area contributed by atoms with E-state index >= 15 is 0 Å². The van der Waals surface area contributed by atoms with E-state index in [4.69, 9.17) is 0 Å². The fourth-order valence-corrected chi connectivity index (χ4v) is 2.49. The average Bonchev–Trinajstić information content (AvgIpc) is 2.67. The first kappa shape index (κ1) is 14.6. The highest BCUT2D eigenvalue weighted by atomic mass is 19.1. The number of hydrazine groups is 1. The average molecular weight is 300 g/mol. The monoisotopic (exact) mass is 300 g/mol. The Bertz CT molecular complexity index is 714. The van der Waals surface area contributed by atoms with Gasteiger partial charge in [-0.15, -0.1) is 0 Å². The SMILES string of the molecule is CN1N(c2ncc(-c3cccc(F)c3)cn2)C(=O)CC1(C)C. The molecule has 0 bridgehead atoms. The molecule has 1 aliphatic rings. The number of hydrogen-bond acceptors (Lipinski definition) is 4. The second-order valence-corrected chi connectivity index (χ2v) is 6.00. The maximum Gasteiger partial charge on any atom is 0.247 e. The Hall–Kier alpha value is -2.34. The number of rotatable bonds is 2. The number of nitrogens with zero attached hydrogens (tertiary/aromatic N) is 4. The van der Waals surface area contributed by atoms with Crippen LogP contribution in [-0.4, -0.2) is 33.5 Å². The Labute approximate surface area is 128 Å². The lowest BCUT2D eigenvalue weighted by atomic mass is 10.0. The predicted octanol–water partition coefficient (Wildman–Crippen LogP) is 2.64. The maximum absolute atomic E-state index is 13.3. The summed E-state index contributed by atoms with van der Waals surface area (Å²) >= 11 is 0. The molecule has 1 aromatic carbocycles. The van der Waals surface area contributed by atoms with Crippen molar-refractivity contribution in [1.82, 2.24) is 15.0 Å². The number of benzene rings is 1. The van der Waals surface area contributed by atoms with Crippen LogP contribution in [0.1, 0.15) is 20.3 Å². The molecule has 0 unspecified atom stereocenters. The fourth-order valence-electron chi connectivity index (χ4n) is 2.49. The first-order valence-electron chi connectivity index (χ1n) is 7.03. The smallest absolute Gasteiger partial charge is 0.247 e. The first-order valence-corrected chi connectivity index (χ1v) is 7.03. The Kier molecular flexibility index (Phi) is 3.41. The van der Waals surface area contributed by atoms with E-state index in [2.05, 4.69) is 9.97 Å². The molecule has 22 heavy (non-hydrogen) atoms. The molecule has 0 aliphatic carbocycles. The maximum atomic E-state index is 13.3. The molecule has 3 rings (SSSR count). The largest absolute Gasteiger partial charge is 0.273 e. The molecule has 0 N–H and O–H groups in total. The van der Waals surface area contributed by atoms with Gasteiger partial charge in [-0.05, 0) is 31.5 Å². The van der Waals surface area contributed by atoms with Gasteiger partial charge in [0.25, 0.3) is 0 Å². The van der Waals surface area contributed by atoms with Gasteiger partial charge in [0, 0.05) is 37.0 Å². The van der Waals surface area contributed by atoms with Crippen molar-refractivity contribution in [3.63, 3.8) is 0 Å². The van der Waals surface area contributed by atoms with Crippen LogP contribution in [0, 0.1) is 5.82 Å². The summed E-state index contributed by atoms with van der Waals surface area (Å²) in [4.78, 5) is 20.7. The number of anilines is 1. The molecule has 2 aromatic rings. The van der Waals surface area contributed by atoms with E-state index in [0.717, 1.165) is 0 Å². The Morgan fingerprint density at radius 2 is 1.86 bits per heavy atom. The van der Waals surface area contributed by atoms with E-state index in [-0.39, 0.29) is 17.3 Å². The summed E-state index contributed by atoms with van der Waals surface area (Å²) in [6.45, 7) is 3.98. The Balaban J connectivity index is 1.91. The number of hydrogen-bond donors (Lipinski definition) is 0. The van der Waals surface area contributed by atoms with Crippen molar-refractivity contribution in [2.45, 2.75) is 25.8 Å². The van der Waals surface area contributed by atoms with Crippen LogP contribution in [0.3, 0.4) is 0 Å². The molecule has 0 atom stereocenters. The van der Waals surface area contributed by atoms with Gasteiger partial charge in [-0.2, -0.15) is 0 Å². The lowest BCUT2D eigenvalue weighted by Gasteiger charge is -2.31. The zero-order valence-electron chi connectivity index (χ0n) is 12.7. The minimum absolute atomic E-state index is 0.0361. The highest BCUT2D eigenvalue weighted by Gasteiger charge is 2.43. The van der Waals surface area contributed by atoms with Gasteiger partial charge in [0.15, 0.2) is 0 Å². The zero-order chi connectivity index (χ0) is 15.9. The normalized spacial score (nSPS) is 18.0. The van der Waals surface area contributed by atoms with Gasteiger partial charge in [0.1, 0.15) is 5.82 Å². The van der Waals surface area contributed by atoms with E-state index in [1.165, 1.54) is 17.1 Å². The molecule has 1 fully saturated rings. The Morgan fingerprint density at radius 1 is 1.18 bits per heavy atom. The van der Waals surface area contributed by atoms with E-state index in [0.29, 0.717) is 23.5 Å². The van der Waals surface area contributed by atoms with Crippen molar-refractivity contribution in [2.75, 3.05) is 12.1 Å². The number of carbonyl (C=O) groups is 1. The van der Waals surface area contributed by atoms with Crippen molar-refractivity contribution in [1.29, 1.82) is 0 Å². The number of amides is 1. The summed E-state index contributed by atoms with van der Waals surface area (Å²) in [5.41, 5.74) is 1.14. The third-order valence-electron chi connectivity index (χ3n) is 3.98. The van der Waals surface area contributed by atoms with Crippen molar-refractivity contribution in [3.05, 3.63) is 42.5 Å². The third-order valence-corrected chi connectivity index (χ3v) is 3.98. The van der Waals surface area contributed by atoms with Crippen LogP contribution in [0.4, 0.5) is 10.3 Å². The van der Waals surface area contributed by atoms with Gasteiger partial charge in [0.05, 0.1) is 0 Å². The molecule has 1 aromatic heterocycles. The third kappa shape index (κ3) is 2.46. The molecular weight excluding hydrogens is 283 g/mol. The number of halogens is 1. The van der Waals surface area contributed by atoms with Crippen LogP contribution >= 0.6 is 0 Å². The minimum atomic E-state index is -0.308. The van der Waals surface area contributed by atoms with Crippen LogP contribution in [-0.2, 0) is 4.79 Å². The van der Waals surface area contributed by atoms with Gasteiger partial charge in [0.2, 0.25) is 11.9 Å². The molecular formula is C16H17FN4O. The summed E-state index contributed by atoms with van der Waals surface area (Å²) in [5.74, 6) is -0.0120. The topological polar surface area (TPSA) is 49.3 Å². The lowest BCUT2D eigenvalue weighted by molar-refractivity contribution is -0.118. The van der Waals surface area contributed by atoms with Crippen molar-refractivity contribution in [2.24, 2.45) is 0 Å². The highest BCUT2D eigenvalue weighted by molar-refractivity contribution is 5.93. The second kappa shape index (κ2) is 5.14. The summed E-state index contributed by atoms with van der Waals surface area (Å²) in [6, 6.07) is 6.24. The van der Waals surface area contributed by atoms with Crippen molar-refractivity contribution >= 4 is 11.9 Å². The first-order chi connectivity index (χ1) is 10.4. The van der Waals surface area contributed by atoms with Crippen molar-refractivity contribution < 1.29 is 9.18 Å². The standard InChI is InChI=1S/C16H17FN4O/c1-16(2)8-14(22)21(20(16)3)15-18-9-12(10-19-15)11-5-4-6-13(17)7-11/h4-7,9-10H,8H2,1-3H3. The second-order valence-electron chi connectivity index (χ2n) is 6.00. The van der Waals surface area contributed by atoms with Gasteiger partial charge in [-0.25, -0.2) is 24.4 Å². The molecule has 2 heterocycles. The molecule has 0 spiro atoms. The van der Waals surface area contributed by atoms with E-state index in [9.17, 15) is 9.18 Å². The van der Waals surface area contributed by atoms with Gasteiger partial charge < -0.3 is 0 Å². The molecule has 6 heteroatoms. The predicted molar refractivity (Wildman–Crippen MR) is 81.4 cm³/mol. The summed E-state index contributed by atoms with van der Waals surface area (Å²) in [7, 11) is 1.84. The van der Waals surface area contributed by atoms with Crippen molar-refractivity contribution in [3.8, 4) is 11.1 Å². The van der Waals surface area contributed by atoms with Crippen LogP contribution < -0.4 is 5.01 Å². The number of aromatic nitrogens is 2. The van der Waals surface area contributed by atoms with Gasteiger partial charge >= 0.3 is 0 Å². The molecule has 1 saturated heterocycles. The summed E-state index contributed by atoms with van der Waals surface area (Å²) < 4.78 is 13.3. The van der Waals surface area contributed by atoms with Gasteiger partial charge in [-0.1, -0.05) is 12.1 Å². The van der Waals surface area contributed by atoms with E-state index in [1.54, 1.807) is 24.5 Å². The summed E-state index contributed by atoms with van der Waals surface area (Å²) in [6.07, 6.45) is 3.62. The summed E-state index contributed by atoms with van der Waals surface area (Å²) in [5, 5.41) is 3.32. The van der Waals surface area contributed by atoms with Crippen LogP contribution in [0.25, 0.3) is 11.1 Å². The molecule has 1 amide bonds.